The van der Waals surface area contributed by atoms with Gasteiger partial charge < -0.3 is 0 Å². The van der Waals surface area contributed by atoms with Crippen LogP contribution >= 0.6 is 0 Å². The van der Waals surface area contributed by atoms with E-state index in [1.807, 2.05) is 24.3 Å². The number of fused-ring (bicyclic) bond motifs is 8. The van der Waals surface area contributed by atoms with E-state index in [9.17, 15) is 0 Å². The van der Waals surface area contributed by atoms with Gasteiger partial charge in [-0.1, -0.05) is 140 Å². The Morgan fingerprint density at radius 1 is 0.341 bits per heavy atom. The van der Waals surface area contributed by atoms with Gasteiger partial charge in [0.2, 0.25) is 0 Å². The number of aromatic nitrogens is 2. The van der Waals surface area contributed by atoms with Crippen molar-refractivity contribution in [2.24, 2.45) is 0 Å². The second-order valence-corrected chi connectivity index (χ2v) is 11.4. The van der Waals surface area contributed by atoms with Crippen LogP contribution in [0, 0.1) is 0 Å². The van der Waals surface area contributed by atoms with E-state index in [0.717, 1.165) is 39.1 Å². The van der Waals surface area contributed by atoms with Gasteiger partial charge in [0, 0.05) is 16.5 Å². The Kier molecular flexibility index (Phi) is 5.54. The molecule has 0 fully saturated rings. The average Bonchev–Trinajstić information content (AvgIpc) is 3.10. The van der Waals surface area contributed by atoms with Crippen molar-refractivity contribution in [1.82, 2.24) is 9.97 Å². The summed E-state index contributed by atoms with van der Waals surface area (Å²) in [4.78, 5) is 10.2. The molecule has 8 aromatic carbocycles. The second kappa shape index (κ2) is 9.86. The van der Waals surface area contributed by atoms with Gasteiger partial charge in [-0.3, -0.25) is 0 Å². The smallest absolute Gasteiger partial charge is 0.160 e. The van der Waals surface area contributed by atoms with Crippen molar-refractivity contribution in [2.45, 2.75) is 0 Å². The van der Waals surface area contributed by atoms with Gasteiger partial charge in [0.15, 0.2) is 5.82 Å². The van der Waals surface area contributed by atoms with Gasteiger partial charge in [-0.15, -0.1) is 0 Å². The first kappa shape index (κ1) is 24.7. The maximum Gasteiger partial charge on any atom is 0.160 e. The van der Waals surface area contributed by atoms with Crippen LogP contribution in [0.25, 0.3) is 87.8 Å². The molecule has 2 heteroatoms. The Bertz CT molecular complexity index is 2530. The minimum atomic E-state index is 0.731. The highest BCUT2D eigenvalue weighted by molar-refractivity contribution is 6.28. The Balaban J connectivity index is 1.38. The molecule has 0 amide bonds. The van der Waals surface area contributed by atoms with Gasteiger partial charge in [0.25, 0.3) is 0 Å². The van der Waals surface area contributed by atoms with E-state index in [1.165, 1.54) is 48.7 Å². The molecule has 1 aromatic heterocycles. The predicted octanol–water partition coefficient (Wildman–Crippen LogP) is 11.2. The Morgan fingerprint density at radius 2 is 0.932 bits per heavy atom. The third kappa shape index (κ3) is 3.89. The van der Waals surface area contributed by atoms with Crippen LogP contribution in [0.1, 0.15) is 0 Å². The molecular weight excluding hydrogens is 532 g/mol. The van der Waals surface area contributed by atoms with Crippen LogP contribution in [0.2, 0.25) is 0 Å². The van der Waals surface area contributed by atoms with E-state index in [-0.39, 0.29) is 0 Å². The van der Waals surface area contributed by atoms with Crippen molar-refractivity contribution in [3.63, 3.8) is 0 Å². The second-order valence-electron chi connectivity index (χ2n) is 11.4. The van der Waals surface area contributed by atoms with Crippen molar-refractivity contribution >= 4 is 54.0 Å². The maximum absolute atomic E-state index is 5.15. The zero-order chi connectivity index (χ0) is 29.0. The molecule has 44 heavy (non-hydrogen) atoms. The topological polar surface area (TPSA) is 25.8 Å². The molecular formula is C42H26N2. The lowest BCUT2D eigenvalue weighted by Crippen LogP contribution is -1.96. The minimum Gasteiger partial charge on any atom is -0.228 e. The minimum absolute atomic E-state index is 0.731. The molecule has 9 rings (SSSR count). The molecule has 2 nitrogen and oxygen atoms in total. The van der Waals surface area contributed by atoms with Crippen LogP contribution in [-0.2, 0) is 0 Å². The molecule has 0 aliphatic rings. The molecule has 0 spiro atoms. The Labute approximate surface area is 254 Å². The average molecular weight is 559 g/mol. The fourth-order valence-corrected chi connectivity index (χ4v) is 6.76. The molecule has 0 aliphatic carbocycles. The molecule has 0 N–H and O–H groups in total. The predicted molar refractivity (Wildman–Crippen MR) is 186 cm³/mol. The van der Waals surface area contributed by atoms with Gasteiger partial charge in [0.1, 0.15) is 0 Å². The summed E-state index contributed by atoms with van der Waals surface area (Å²) in [6.07, 6.45) is 0. The first-order chi connectivity index (χ1) is 21.8. The van der Waals surface area contributed by atoms with Crippen LogP contribution in [-0.4, -0.2) is 9.97 Å². The number of benzene rings is 8. The van der Waals surface area contributed by atoms with Crippen molar-refractivity contribution < 1.29 is 0 Å². The van der Waals surface area contributed by atoms with E-state index in [1.54, 1.807) is 0 Å². The van der Waals surface area contributed by atoms with Crippen molar-refractivity contribution in [3.8, 4) is 33.8 Å². The van der Waals surface area contributed by atoms with E-state index in [2.05, 4.69) is 133 Å². The van der Waals surface area contributed by atoms with E-state index < -0.39 is 0 Å². The summed E-state index contributed by atoms with van der Waals surface area (Å²) in [6.45, 7) is 0. The van der Waals surface area contributed by atoms with Gasteiger partial charge in [-0.2, -0.15) is 0 Å². The summed E-state index contributed by atoms with van der Waals surface area (Å²) in [5, 5.41) is 11.1. The fourth-order valence-electron chi connectivity index (χ4n) is 6.76. The van der Waals surface area contributed by atoms with Crippen LogP contribution < -0.4 is 0 Å². The van der Waals surface area contributed by atoms with Crippen molar-refractivity contribution in [2.75, 3.05) is 0 Å². The molecule has 9 aromatic rings. The highest BCUT2D eigenvalue weighted by atomic mass is 14.9. The zero-order valence-electron chi connectivity index (χ0n) is 23.9. The summed E-state index contributed by atoms with van der Waals surface area (Å²) in [7, 11) is 0. The fraction of sp³-hybridized carbons (Fsp3) is 0. The Morgan fingerprint density at radius 3 is 1.68 bits per heavy atom. The number of rotatable bonds is 3. The molecule has 0 radical (unpaired) electrons. The molecule has 1 heterocycles. The summed E-state index contributed by atoms with van der Waals surface area (Å²) >= 11 is 0. The highest BCUT2D eigenvalue weighted by Gasteiger charge is 2.17. The maximum atomic E-state index is 5.15. The summed E-state index contributed by atoms with van der Waals surface area (Å²) in [5.74, 6) is 0.731. The van der Waals surface area contributed by atoms with Gasteiger partial charge in [-0.25, -0.2) is 9.97 Å². The highest BCUT2D eigenvalue weighted by Crippen LogP contribution is 2.42. The normalized spacial score (nSPS) is 11.6. The molecule has 0 aliphatic heterocycles. The molecule has 0 unspecified atom stereocenters. The lowest BCUT2D eigenvalue weighted by molar-refractivity contribution is 1.23. The largest absolute Gasteiger partial charge is 0.228 e. The van der Waals surface area contributed by atoms with Crippen LogP contribution in [0.3, 0.4) is 0 Å². The lowest BCUT2D eigenvalue weighted by atomic mass is 9.88. The number of hydrogen-bond donors (Lipinski definition) is 0. The molecule has 0 atom stereocenters. The van der Waals surface area contributed by atoms with E-state index in [0.29, 0.717) is 0 Å². The van der Waals surface area contributed by atoms with Crippen LogP contribution in [0.15, 0.2) is 158 Å². The number of hydrogen-bond acceptors (Lipinski definition) is 2. The SMILES string of the molecule is c1ccc(-c2nc(-c3ccccc3)c3ccc(-c4cc5ccc6ccccc6c5c5ccc6ccccc6c45)cc3n2)cc1. The monoisotopic (exact) mass is 558 g/mol. The first-order valence-corrected chi connectivity index (χ1v) is 15.0. The standard InChI is InChI=1S/C42H26N2/c1-3-13-29(14-4-1)41-35-23-22-31(26-38(35)43-42(44-41)30-15-5-2-6-16-30)37-25-32-20-19-27-11-7-9-17-33(27)39(32)36-24-21-28-12-8-10-18-34(28)40(36)37/h1-26H. The van der Waals surface area contributed by atoms with Gasteiger partial charge in [-0.05, 0) is 72.4 Å². The quantitative estimate of drug-likeness (QED) is 0.202. The summed E-state index contributed by atoms with van der Waals surface area (Å²) < 4.78 is 0. The molecule has 0 bridgehead atoms. The van der Waals surface area contributed by atoms with Crippen molar-refractivity contribution in [1.29, 1.82) is 0 Å². The third-order valence-corrected chi connectivity index (χ3v) is 8.82. The molecule has 204 valence electrons. The van der Waals surface area contributed by atoms with Crippen LogP contribution in [0.5, 0.6) is 0 Å². The Hall–Kier alpha value is -5.86. The van der Waals surface area contributed by atoms with E-state index in [4.69, 9.17) is 9.97 Å². The summed E-state index contributed by atoms with van der Waals surface area (Å²) in [6, 6.07) is 56.2. The van der Waals surface area contributed by atoms with Gasteiger partial charge in [0.05, 0.1) is 11.2 Å². The molecule has 0 saturated heterocycles. The van der Waals surface area contributed by atoms with Crippen LogP contribution in [0.4, 0.5) is 0 Å². The lowest BCUT2D eigenvalue weighted by Gasteiger charge is -2.16. The third-order valence-electron chi connectivity index (χ3n) is 8.82. The van der Waals surface area contributed by atoms with Gasteiger partial charge >= 0.3 is 0 Å². The number of nitrogens with zero attached hydrogens (tertiary/aromatic N) is 2. The molecule has 0 saturated carbocycles. The summed E-state index contributed by atoms with van der Waals surface area (Å²) in [5.41, 5.74) is 6.32. The first-order valence-electron chi connectivity index (χ1n) is 15.0. The van der Waals surface area contributed by atoms with Crippen molar-refractivity contribution in [3.05, 3.63) is 158 Å². The zero-order valence-corrected chi connectivity index (χ0v) is 23.9. The van der Waals surface area contributed by atoms with E-state index >= 15 is 0 Å².